The zero-order valence-corrected chi connectivity index (χ0v) is 18.8. The topological polar surface area (TPSA) is 40.0 Å². The minimum absolute atomic E-state index is 0.782. The lowest BCUT2D eigenvalue weighted by atomic mass is 9.93. The molecule has 4 nitrogen and oxygen atoms in total. The number of nitrogens with zero attached hydrogens (tertiary/aromatic N) is 3. The summed E-state index contributed by atoms with van der Waals surface area (Å²) in [6.07, 6.45) is 6.36. The van der Waals surface area contributed by atoms with Crippen LogP contribution in [0.25, 0.3) is 10.4 Å². The Morgan fingerprint density at radius 2 is 2.15 bits per heavy atom. The van der Waals surface area contributed by atoms with Crippen LogP contribution in [0.3, 0.4) is 0 Å². The van der Waals surface area contributed by atoms with E-state index in [4.69, 9.17) is 0 Å². The predicted octanol–water partition coefficient (Wildman–Crippen LogP) is 6.10. The van der Waals surface area contributed by atoms with Crippen molar-refractivity contribution in [1.82, 2.24) is 0 Å². The highest BCUT2D eigenvalue weighted by Crippen LogP contribution is 2.40. The largest absolute Gasteiger partial charge is 0.308 e. The second-order valence-corrected chi connectivity index (χ2v) is 10.0. The van der Waals surface area contributed by atoms with Crippen LogP contribution < -0.4 is 18.8 Å². The molecule has 4 rings (SSSR count). The van der Waals surface area contributed by atoms with Gasteiger partial charge in [0.15, 0.2) is 0 Å². The van der Waals surface area contributed by atoms with E-state index in [-0.39, 0.29) is 0 Å². The van der Waals surface area contributed by atoms with Crippen LogP contribution in [-0.2, 0) is 6.42 Å². The highest BCUT2D eigenvalue weighted by Gasteiger charge is 2.25. The molecule has 1 aromatic heterocycles. The van der Waals surface area contributed by atoms with Crippen molar-refractivity contribution in [1.29, 1.82) is 0 Å². The molecular weight excluding hydrogens is 448 g/mol. The highest BCUT2D eigenvalue weighted by molar-refractivity contribution is 9.11. The fourth-order valence-corrected chi connectivity index (χ4v) is 6.10. The Bertz CT molecular complexity index is 927. The molecule has 2 aromatic rings. The first-order valence-corrected chi connectivity index (χ1v) is 12.1. The molecule has 0 aliphatic carbocycles. The van der Waals surface area contributed by atoms with Gasteiger partial charge in [0.25, 0.3) is 0 Å². The lowest BCUT2D eigenvalue weighted by Crippen LogP contribution is -2.16. The van der Waals surface area contributed by atoms with Crippen molar-refractivity contribution in [2.75, 3.05) is 8.05 Å². The Morgan fingerprint density at radius 3 is 2.96 bits per heavy atom. The molecule has 0 radical (unpaired) electrons. The maximum absolute atomic E-state index is 4.63. The fourth-order valence-electron chi connectivity index (χ4n) is 3.43. The normalized spacial score (nSPS) is 15.9. The summed E-state index contributed by atoms with van der Waals surface area (Å²) in [5.74, 6) is 0.782. The zero-order valence-electron chi connectivity index (χ0n) is 14.8. The van der Waals surface area contributed by atoms with E-state index >= 15 is 0 Å². The number of rotatable bonds is 7. The molecule has 0 spiro atoms. The Balaban J connectivity index is 1.70. The van der Waals surface area contributed by atoms with E-state index in [2.05, 4.69) is 61.0 Å². The molecular formula is C18H21BrN4S3. The number of hydrogen-bond donors (Lipinski definition) is 1. The lowest BCUT2D eigenvalue weighted by molar-refractivity contribution is 0.449. The third kappa shape index (κ3) is 3.53. The van der Waals surface area contributed by atoms with E-state index in [1.54, 1.807) is 0 Å². The summed E-state index contributed by atoms with van der Waals surface area (Å²) in [4.78, 5) is 1.27. The Morgan fingerprint density at radius 1 is 1.27 bits per heavy atom. The molecule has 2 aliphatic rings. The maximum atomic E-state index is 4.63. The van der Waals surface area contributed by atoms with E-state index in [0.717, 1.165) is 28.0 Å². The van der Waals surface area contributed by atoms with E-state index < -0.39 is 0 Å². The van der Waals surface area contributed by atoms with Gasteiger partial charge in [0, 0.05) is 10.4 Å². The van der Waals surface area contributed by atoms with E-state index in [1.807, 2.05) is 14.7 Å². The number of unbranched alkanes of at least 4 members (excludes halogenated alkanes) is 1. The van der Waals surface area contributed by atoms with Crippen LogP contribution in [0.2, 0.25) is 0 Å². The van der Waals surface area contributed by atoms with Gasteiger partial charge in [-0.15, -0.1) is 11.3 Å². The van der Waals surface area contributed by atoms with Crippen LogP contribution in [0.1, 0.15) is 45.1 Å². The third-order valence-electron chi connectivity index (χ3n) is 4.90. The van der Waals surface area contributed by atoms with Gasteiger partial charge in [-0.05, 0) is 35.4 Å². The molecule has 138 valence electrons. The van der Waals surface area contributed by atoms with Crippen molar-refractivity contribution < 1.29 is 0 Å². The van der Waals surface area contributed by atoms with Crippen molar-refractivity contribution in [3.8, 4) is 10.4 Å². The molecule has 3 heterocycles. The van der Waals surface area contributed by atoms with Crippen LogP contribution in [0, 0.1) is 5.92 Å². The van der Waals surface area contributed by atoms with Gasteiger partial charge in [-0.2, -0.15) is 8.80 Å². The van der Waals surface area contributed by atoms with Gasteiger partial charge in [0.1, 0.15) is 22.8 Å². The number of hydrogen-bond acceptors (Lipinski definition) is 7. The average Bonchev–Trinajstić information content (AvgIpc) is 3.37. The highest BCUT2D eigenvalue weighted by atomic mass is 79.9. The molecule has 8 heteroatoms. The summed E-state index contributed by atoms with van der Waals surface area (Å²) < 4.78 is 14.4. The quantitative estimate of drug-likeness (QED) is 0.393. The standard InChI is InChI=1S/C18H21BrN4S3/c1-3-5-6-11(4-2)7-12-8-15(24-10-12)16-17-13(20-25-22-17)9-14-18(16)23(19)26-21-14/h8-11,20H,3-7H2,1-2H3. The van der Waals surface area contributed by atoms with Gasteiger partial charge in [0.05, 0.1) is 39.7 Å². The van der Waals surface area contributed by atoms with Crippen LogP contribution in [0.15, 0.2) is 26.3 Å². The van der Waals surface area contributed by atoms with Gasteiger partial charge >= 0.3 is 0 Å². The van der Waals surface area contributed by atoms with Crippen LogP contribution in [0.4, 0.5) is 11.4 Å². The Hall–Kier alpha value is -0.700. The maximum Gasteiger partial charge on any atom is 0.108 e. The van der Waals surface area contributed by atoms with Gasteiger partial charge in [-0.25, -0.2) is 3.33 Å². The molecule has 0 fully saturated rings. The van der Waals surface area contributed by atoms with Crippen molar-refractivity contribution >= 4 is 63.1 Å². The van der Waals surface area contributed by atoms with Gasteiger partial charge in [0.2, 0.25) is 0 Å². The SMILES string of the molecule is CCCCC(CC)Cc1csc(-c2c3c(cc4c2=NSN4)=NSN3Br)c1. The Kier molecular flexibility index (Phi) is 5.83. The molecule has 0 bridgehead atoms. The summed E-state index contributed by atoms with van der Waals surface area (Å²) in [5, 5.41) is 4.35. The number of anilines is 2. The minimum atomic E-state index is 0.782. The van der Waals surface area contributed by atoms with Crippen LogP contribution >= 0.6 is 51.8 Å². The molecule has 1 aromatic carbocycles. The number of fused-ring (bicyclic) bond motifs is 2. The van der Waals surface area contributed by atoms with Gasteiger partial charge in [-0.1, -0.05) is 39.5 Å². The lowest BCUT2D eigenvalue weighted by Gasteiger charge is -2.13. The second kappa shape index (κ2) is 8.12. The van der Waals surface area contributed by atoms with E-state index in [1.165, 1.54) is 72.4 Å². The Labute approximate surface area is 175 Å². The molecule has 0 saturated heterocycles. The monoisotopic (exact) mass is 468 g/mol. The first kappa shape index (κ1) is 18.7. The predicted molar refractivity (Wildman–Crippen MR) is 119 cm³/mol. The third-order valence-corrected chi connectivity index (χ3v) is 7.83. The summed E-state index contributed by atoms with van der Waals surface area (Å²) in [6, 6.07) is 4.44. The fraction of sp³-hybridized carbons (Fsp3) is 0.444. The molecule has 0 amide bonds. The summed E-state index contributed by atoms with van der Waals surface area (Å²) >= 11 is 8.25. The van der Waals surface area contributed by atoms with Gasteiger partial charge < -0.3 is 4.72 Å². The van der Waals surface area contributed by atoms with Gasteiger partial charge in [-0.3, -0.25) is 0 Å². The second-order valence-electron chi connectivity index (χ2n) is 6.66. The molecule has 26 heavy (non-hydrogen) atoms. The van der Waals surface area contributed by atoms with Crippen molar-refractivity contribution in [3.05, 3.63) is 33.8 Å². The van der Waals surface area contributed by atoms with Crippen molar-refractivity contribution in [2.45, 2.75) is 46.0 Å². The summed E-state index contributed by atoms with van der Waals surface area (Å²) in [5.41, 5.74) is 4.79. The van der Waals surface area contributed by atoms with Crippen LogP contribution in [-0.4, -0.2) is 0 Å². The molecule has 1 atom stereocenters. The first-order chi connectivity index (χ1) is 12.7. The molecule has 1 N–H and O–H groups in total. The molecule has 0 saturated carbocycles. The number of nitrogens with one attached hydrogen (secondary N) is 1. The average molecular weight is 469 g/mol. The summed E-state index contributed by atoms with van der Waals surface area (Å²) in [6.45, 7) is 4.59. The van der Waals surface area contributed by atoms with Crippen molar-refractivity contribution in [2.24, 2.45) is 14.7 Å². The van der Waals surface area contributed by atoms with E-state index in [0.29, 0.717) is 0 Å². The smallest absolute Gasteiger partial charge is 0.108 e. The number of halogens is 1. The zero-order chi connectivity index (χ0) is 18.1. The molecule has 2 aliphatic heterocycles. The summed E-state index contributed by atoms with van der Waals surface area (Å²) in [7, 11) is 0. The molecule has 1 unspecified atom stereocenters. The number of benzene rings is 1. The number of thiophene rings is 1. The van der Waals surface area contributed by atoms with Crippen molar-refractivity contribution in [3.63, 3.8) is 0 Å². The van der Waals surface area contributed by atoms with E-state index in [9.17, 15) is 0 Å². The van der Waals surface area contributed by atoms with Crippen LogP contribution in [0.5, 0.6) is 0 Å². The minimum Gasteiger partial charge on any atom is -0.308 e. The first-order valence-electron chi connectivity index (χ1n) is 8.97.